The smallest absolute Gasteiger partial charge is 0.328 e. The number of hydrogen-bond donors (Lipinski definition) is 1. The van der Waals surface area contributed by atoms with Gasteiger partial charge in [-0.2, -0.15) is 0 Å². The summed E-state index contributed by atoms with van der Waals surface area (Å²) in [7, 11) is 1.29. The van der Waals surface area contributed by atoms with Crippen LogP contribution < -0.4 is 5.32 Å². The van der Waals surface area contributed by atoms with Crippen LogP contribution >= 0.6 is 0 Å². The van der Waals surface area contributed by atoms with Gasteiger partial charge in [-0.3, -0.25) is 4.79 Å². The first-order chi connectivity index (χ1) is 10.7. The lowest BCUT2D eigenvalue weighted by molar-refractivity contribution is -0.142. The molecular formula is C16H17N3O3. The number of benzene rings is 1. The number of methoxy groups -OCH3 is 1. The molecule has 0 saturated heterocycles. The first-order valence-corrected chi connectivity index (χ1v) is 6.91. The van der Waals surface area contributed by atoms with Crippen molar-refractivity contribution < 1.29 is 14.3 Å². The van der Waals surface area contributed by atoms with Gasteiger partial charge < -0.3 is 10.1 Å². The molecule has 1 heterocycles. The summed E-state index contributed by atoms with van der Waals surface area (Å²) in [5.74, 6) is -0.912. The number of hydrogen-bond acceptors (Lipinski definition) is 5. The highest BCUT2D eigenvalue weighted by Gasteiger charge is 2.21. The number of carbonyl (C=O) groups excluding carboxylic acids is 2. The van der Waals surface area contributed by atoms with Crippen molar-refractivity contribution in [3.05, 3.63) is 48.4 Å². The number of rotatable bonds is 5. The average Bonchev–Trinajstić information content (AvgIpc) is 2.59. The van der Waals surface area contributed by atoms with E-state index < -0.39 is 17.9 Å². The molecule has 6 heteroatoms. The van der Waals surface area contributed by atoms with Gasteiger partial charge in [-0.15, -0.1) is 0 Å². The Morgan fingerprint density at radius 2 is 1.95 bits per heavy atom. The van der Waals surface area contributed by atoms with Crippen LogP contribution in [0.25, 0.3) is 11.3 Å². The number of nitrogens with zero attached hydrogens (tertiary/aromatic N) is 2. The predicted octanol–water partition coefficient (Wildman–Crippen LogP) is 1.82. The summed E-state index contributed by atoms with van der Waals surface area (Å²) in [6, 6.07) is 10.4. The van der Waals surface area contributed by atoms with Crippen molar-refractivity contribution in [1.82, 2.24) is 15.3 Å². The first kappa shape index (κ1) is 15.6. The van der Waals surface area contributed by atoms with E-state index in [0.717, 1.165) is 5.56 Å². The van der Waals surface area contributed by atoms with Gasteiger partial charge in [0.15, 0.2) is 0 Å². The second-order valence-corrected chi connectivity index (χ2v) is 4.61. The third-order valence-corrected chi connectivity index (χ3v) is 3.17. The lowest BCUT2D eigenvalue weighted by Gasteiger charge is -2.14. The summed E-state index contributed by atoms with van der Waals surface area (Å²) in [4.78, 5) is 31.9. The summed E-state index contributed by atoms with van der Waals surface area (Å²) in [5.41, 5.74) is 1.74. The van der Waals surface area contributed by atoms with Crippen molar-refractivity contribution in [3.63, 3.8) is 0 Å². The van der Waals surface area contributed by atoms with Gasteiger partial charge in [0, 0.05) is 5.56 Å². The first-order valence-electron chi connectivity index (χ1n) is 6.91. The Balaban J connectivity index is 2.19. The highest BCUT2D eigenvalue weighted by molar-refractivity contribution is 5.95. The van der Waals surface area contributed by atoms with Crippen molar-refractivity contribution in [2.24, 2.45) is 0 Å². The molecule has 22 heavy (non-hydrogen) atoms. The minimum atomic E-state index is -0.687. The SMILES string of the molecule is CCC(NC(=O)c1cc(-c2ccccc2)ncn1)C(=O)OC. The molecule has 0 saturated carbocycles. The molecule has 0 aliphatic rings. The molecule has 114 valence electrons. The molecule has 0 bridgehead atoms. The second kappa shape index (κ2) is 7.31. The van der Waals surface area contributed by atoms with E-state index in [9.17, 15) is 9.59 Å². The van der Waals surface area contributed by atoms with Gasteiger partial charge in [0.25, 0.3) is 5.91 Å². The molecule has 1 unspecified atom stereocenters. The highest BCUT2D eigenvalue weighted by Crippen LogP contribution is 2.16. The molecule has 6 nitrogen and oxygen atoms in total. The van der Waals surface area contributed by atoms with Crippen molar-refractivity contribution in [2.45, 2.75) is 19.4 Å². The van der Waals surface area contributed by atoms with Crippen LogP contribution in [0.3, 0.4) is 0 Å². The number of carbonyl (C=O) groups is 2. The van der Waals surface area contributed by atoms with Crippen molar-refractivity contribution >= 4 is 11.9 Å². The molecule has 1 N–H and O–H groups in total. The molecule has 2 aromatic rings. The molecule has 0 aliphatic heterocycles. The quantitative estimate of drug-likeness (QED) is 0.852. The largest absolute Gasteiger partial charge is 0.467 e. The maximum atomic E-state index is 12.2. The van der Waals surface area contributed by atoms with E-state index in [1.54, 1.807) is 13.0 Å². The number of ether oxygens (including phenoxy) is 1. The zero-order chi connectivity index (χ0) is 15.9. The van der Waals surface area contributed by atoms with Gasteiger partial charge in [-0.05, 0) is 12.5 Å². The summed E-state index contributed by atoms with van der Waals surface area (Å²) in [6.07, 6.45) is 1.77. The van der Waals surface area contributed by atoms with Gasteiger partial charge in [0.2, 0.25) is 0 Å². The molecule has 1 aromatic carbocycles. The van der Waals surface area contributed by atoms with Crippen LogP contribution in [0.15, 0.2) is 42.7 Å². The lowest BCUT2D eigenvalue weighted by atomic mass is 10.1. The summed E-state index contributed by atoms with van der Waals surface area (Å²) >= 11 is 0. The Morgan fingerprint density at radius 3 is 2.59 bits per heavy atom. The summed E-state index contributed by atoms with van der Waals surface area (Å²) in [5, 5.41) is 2.61. The minimum Gasteiger partial charge on any atom is -0.467 e. The Labute approximate surface area is 128 Å². The standard InChI is InChI=1S/C16H17N3O3/c1-3-12(16(21)22-2)19-15(20)14-9-13(17-10-18-14)11-7-5-4-6-8-11/h4-10,12H,3H2,1-2H3,(H,19,20). The van der Waals surface area contributed by atoms with Crippen LogP contribution in [-0.2, 0) is 9.53 Å². The third kappa shape index (κ3) is 3.66. The number of nitrogens with one attached hydrogen (secondary N) is 1. The molecule has 0 radical (unpaired) electrons. The van der Waals surface area contributed by atoms with Crippen LogP contribution in [-0.4, -0.2) is 35.0 Å². The zero-order valence-electron chi connectivity index (χ0n) is 12.4. The van der Waals surface area contributed by atoms with Crippen LogP contribution in [0.1, 0.15) is 23.8 Å². The van der Waals surface area contributed by atoms with Gasteiger partial charge in [0.05, 0.1) is 12.8 Å². The van der Waals surface area contributed by atoms with Gasteiger partial charge in [-0.1, -0.05) is 37.3 Å². The molecule has 1 amide bonds. The van der Waals surface area contributed by atoms with E-state index in [1.165, 1.54) is 13.4 Å². The fourth-order valence-electron chi connectivity index (χ4n) is 1.95. The summed E-state index contributed by atoms with van der Waals surface area (Å²) < 4.78 is 4.65. The molecular weight excluding hydrogens is 282 g/mol. The Morgan fingerprint density at radius 1 is 1.23 bits per heavy atom. The molecule has 1 aromatic heterocycles. The number of aromatic nitrogens is 2. The van der Waals surface area contributed by atoms with Gasteiger partial charge in [-0.25, -0.2) is 14.8 Å². The van der Waals surface area contributed by atoms with E-state index in [0.29, 0.717) is 12.1 Å². The highest BCUT2D eigenvalue weighted by atomic mass is 16.5. The number of amides is 1. The maximum Gasteiger partial charge on any atom is 0.328 e. The fourth-order valence-corrected chi connectivity index (χ4v) is 1.95. The minimum absolute atomic E-state index is 0.205. The van der Waals surface area contributed by atoms with Crippen LogP contribution in [0.4, 0.5) is 0 Å². The monoisotopic (exact) mass is 299 g/mol. The predicted molar refractivity (Wildman–Crippen MR) is 81.0 cm³/mol. The van der Waals surface area contributed by atoms with Crippen molar-refractivity contribution in [2.75, 3.05) is 7.11 Å². The molecule has 0 spiro atoms. The maximum absolute atomic E-state index is 12.2. The van der Waals surface area contributed by atoms with E-state index in [2.05, 4.69) is 20.0 Å². The Hall–Kier alpha value is -2.76. The van der Waals surface area contributed by atoms with E-state index in [1.807, 2.05) is 30.3 Å². The Bertz CT molecular complexity index is 659. The van der Waals surface area contributed by atoms with E-state index >= 15 is 0 Å². The van der Waals surface area contributed by atoms with Crippen LogP contribution in [0, 0.1) is 0 Å². The van der Waals surface area contributed by atoms with Crippen molar-refractivity contribution in [1.29, 1.82) is 0 Å². The van der Waals surface area contributed by atoms with Crippen molar-refractivity contribution in [3.8, 4) is 11.3 Å². The van der Waals surface area contributed by atoms with Crippen LogP contribution in [0.2, 0.25) is 0 Å². The fraction of sp³-hybridized carbons (Fsp3) is 0.250. The normalized spacial score (nSPS) is 11.5. The van der Waals surface area contributed by atoms with Gasteiger partial charge in [0.1, 0.15) is 18.1 Å². The zero-order valence-corrected chi connectivity index (χ0v) is 12.4. The Kier molecular flexibility index (Phi) is 5.19. The molecule has 1 atom stereocenters. The second-order valence-electron chi connectivity index (χ2n) is 4.61. The van der Waals surface area contributed by atoms with Crippen LogP contribution in [0.5, 0.6) is 0 Å². The third-order valence-electron chi connectivity index (χ3n) is 3.17. The number of esters is 1. The van der Waals surface area contributed by atoms with Gasteiger partial charge >= 0.3 is 5.97 Å². The molecule has 2 rings (SSSR count). The summed E-state index contributed by atoms with van der Waals surface area (Å²) in [6.45, 7) is 1.79. The average molecular weight is 299 g/mol. The molecule has 0 fully saturated rings. The van der Waals surface area contributed by atoms with E-state index in [4.69, 9.17) is 0 Å². The topological polar surface area (TPSA) is 81.2 Å². The lowest BCUT2D eigenvalue weighted by Crippen LogP contribution is -2.41. The molecule has 0 aliphatic carbocycles. The van der Waals surface area contributed by atoms with E-state index in [-0.39, 0.29) is 5.69 Å².